The van der Waals surface area contributed by atoms with Gasteiger partial charge in [-0.15, -0.1) is 11.3 Å². The standard InChI is InChI=1S/C23H23N5O3S2/c29-20(10-19-14-33-15-25-19)27-7-3-17(4-8-27)23(18-2-1-6-24-11-18)21(30)28(22(31)26-23)12-16-5-9-32-13-16/h1-2,5-6,9,11,13-15,17H,3-4,7-8,10,12H2,(H,26,31). The molecule has 0 aromatic carbocycles. The van der Waals surface area contributed by atoms with Crippen LogP contribution in [0.5, 0.6) is 0 Å². The summed E-state index contributed by atoms with van der Waals surface area (Å²) >= 11 is 3.01. The first-order valence-corrected chi connectivity index (χ1v) is 12.7. The molecule has 1 N–H and O–H groups in total. The van der Waals surface area contributed by atoms with Crippen molar-refractivity contribution in [3.05, 3.63) is 69.1 Å². The quantitative estimate of drug-likeness (QED) is 0.546. The summed E-state index contributed by atoms with van der Waals surface area (Å²) in [4.78, 5) is 51.1. The second-order valence-electron chi connectivity index (χ2n) is 8.31. The van der Waals surface area contributed by atoms with Crippen molar-refractivity contribution in [1.29, 1.82) is 0 Å². The third-order valence-electron chi connectivity index (χ3n) is 6.45. The number of piperidine rings is 1. The van der Waals surface area contributed by atoms with Crippen molar-refractivity contribution < 1.29 is 14.4 Å². The average Bonchev–Trinajstić information content (AvgIpc) is 3.59. The summed E-state index contributed by atoms with van der Waals surface area (Å²) < 4.78 is 0. The Morgan fingerprint density at radius 1 is 1.18 bits per heavy atom. The van der Waals surface area contributed by atoms with E-state index in [-0.39, 0.29) is 30.7 Å². The minimum atomic E-state index is -1.18. The molecular formula is C23H23N5O3S2. The molecular weight excluding hydrogens is 458 g/mol. The number of rotatable bonds is 6. The van der Waals surface area contributed by atoms with Gasteiger partial charge in [0.1, 0.15) is 0 Å². The lowest BCUT2D eigenvalue weighted by Crippen LogP contribution is -2.54. The molecule has 2 aliphatic rings. The zero-order valence-electron chi connectivity index (χ0n) is 17.8. The highest BCUT2D eigenvalue weighted by atomic mass is 32.1. The number of urea groups is 1. The number of pyridine rings is 1. The van der Waals surface area contributed by atoms with Gasteiger partial charge in [0.2, 0.25) is 5.91 Å². The number of amides is 4. The van der Waals surface area contributed by atoms with Crippen LogP contribution in [0.2, 0.25) is 0 Å². The van der Waals surface area contributed by atoms with E-state index in [9.17, 15) is 14.4 Å². The van der Waals surface area contributed by atoms with E-state index < -0.39 is 11.6 Å². The van der Waals surface area contributed by atoms with Crippen molar-refractivity contribution >= 4 is 40.5 Å². The van der Waals surface area contributed by atoms with Crippen LogP contribution in [0.4, 0.5) is 4.79 Å². The van der Waals surface area contributed by atoms with Crippen molar-refractivity contribution in [1.82, 2.24) is 25.1 Å². The molecule has 3 aromatic heterocycles. The normalized spacial score (nSPS) is 21.5. The number of nitrogens with zero attached hydrogens (tertiary/aromatic N) is 4. The average molecular weight is 482 g/mol. The van der Waals surface area contributed by atoms with E-state index in [2.05, 4.69) is 15.3 Å². The molecule has 3 aromatic rings. The van der Waals surface area contributed by atoms with Crippen molar-refractivity contribution in [3.63, 3.8) is 0 Å². The van der Waals surface area contributed by atoms with Crippen molar-refractivity contribution in [2.24, 2.45) is 5.92 Å². The van der Waals surface area contributed by atoms with Crippen molar-refractivity contribution in [2.75, 3.05) is 13.1 Å². The highest BCUT2D eigenvalue weighted by Gasteiger charge is 2.57. The Kier molecular flexibility index (Phi) is 5.94. The zero-order chi connectivity index (χ0) is 22.8. The second kappa shape index (κ2) is 9.03. The topological polar surface area (TPSA) is 95.5 Å². The van der Waals surface area contributed by atoms with Crippen LogP contribution in [-0.2, 0) is 28.1 Å². The predicted octanol–water partition coefficient (Wildman–Crippen LogP) is 3.03. The van der Waals surface area contributed by atoms with Crippen LogP contribution in [0.1, 0.15) is 29.7 Å². The van der Waals surface area contributed by atoms with E-state index >= 15 is 0 Å². The predicted molar refractivity (Wildman–Crippen MR) is 124 cm³/mol. The maximum absolute atomic E-state index is 13.8. The lowest BCUT2D eigenvalue weighted by molar-refractivity contribution is -0.136. The monoisotopic (exact) mass is 481 g/mol. The Morgan fingerprint density at radius 2 is 2.03 bits per heavy atom. The molecule has 2 saturated heterocycles. The molecule has 0 radical (unpaired) electrons. The summed E-state index contributed by atoms with van der Waals surface area (Å²) in [5.41, 5.74) is 2.94. The van der Waals surface area contributed by atoms with Crippen LogP contribution in [0, 0.1) is 5.92 Å². The van der Waals surface area contributed by atoms with Crippen molar-refractivity contribution in [3.8, 4) is 0 Å². The number of thiophene rings is 1. The lowest BCUT2D eigenvalue weighted by Gasteiger charge is -2.41. The van der Waals surface area contributed by atoms with Gasteiger partial charge in [0.25, 0.3) is 5.91 Å². The number of hydrogen-bond acceptors (Lipinski definition) is 7. The number of nitrogens with one attached hydrogen (secondary N) is 1. The molecule has 0 spiro atoms. The van der Waals surface area contributed by atoms with Gasteiger partial charge in [-0.25, -0.2) is 9.78 Å². The second-order valence-corrected chi connectivity index (χ2v) is 9.81. The molecule has 5 heterocycles. The van der Waals surface area contributed by atoms with Gasteiger partial charge >= 0.3 is 6.03 Å². The Hall–Kier alpha value is -3.11. The fourth-order valence-electron chi connectivity index (χ4n) is 4.76. The summed E-state index contributed by atoms with van der Waals surface area (Å²) in [6.07, 6.45) is 4.81. The number of thiazole rings is 1. The first kappa shape index (κ1) is 21.7. The third kappa shape index (κ3) is 4.04. The zero-order valence-corrected chi connectivity index (χ0v) is 19.5. The minimum Gasteiger partial charge on any atom is -0.342 e. The molecule has 2 aliphatic heterocycles. The molecule has 1 unspecified atom stereocenters. The third-order valence-corrected chi connectivity index (χ3v) is 7.81. The molecule has 4 amide bonds. The van der Waals surface area contributed by atoms with Crippen LogP contribution >= 0.6 is 22.7 Å². The number of likely N-dealkylation sites (tertiary alicyclic amines) is 1. The highest BCUT2D eigenvalue weighted by Crippen LogP contribution is 2.41. The maximum Gasteiger partial charge on any atom is 0.325 e. The largest absolute Gasteiger partial charge is 0.342 e. The fraction of sp³-hybridized carbons (Fsp3) is 0.348. The van der Waals surface area contributed by atoms with Crippen LogP contribution in [0.15, 0.2) is 52.2 Å². The summed E-state index contributed by atoms with van der Waals surface area (Å²) in [6, 6.07) is 5.16. The van der Waals surface area contributed by atoms with Crippen LogP contribution in [0.25, 0.3) is 0 Å². The molecule has 2 fully saturated rings. The Balaban J connectivity index is 1.37. The summed E-state index contributed by atoms with van der Waals surface area (Å²) in [6.45, 7) is 1.30. The first-order chi connectivity index (χ1) is 16.1. The van der Waals surface area contributed by atoms with Crippen LogP contribution in [0.3, 0.4) is 0 Å². The van der Waals surface area contributed by atoms with Gasteiger partial charge in [-0.2, -0.15) is 11.3 Å². The maximum atomic E-state index is 13.8. The van der Waals surface area contributed by atoms with Gasteiger partial charge in [-0.1, -0.05) is 6.07 Å². The molecule has 5 rings (SSSR count). The lowest BCUT2D eigenvalue weighted by atomic mass is 9.73. The Morgan fingerprint density at radius 3 is 2.70 bits per heavy atom. The van der Waals surface area contributed by atoms with Gasteiger partial charge in [0, 0.05) is 36.4 Å². The molecule has 0 bridgehead atoms. The summed E-state index contributed by atoms with van der Waals surface area (Å²) in [7, 11) is 0. The fourth-order valence-corrected chi connectivity index (χ4v) is 5.98. The van der Waals surface area contributed by atoms with Gasteiger partial charge in [0.05, 0.1) is 24.2 Å². The van der Waals surface area contributed by atoms with E-state index in [1.807, 2.05) is 33.2 Å². The SMILES string of the molecule is O=C(Cc1cscn1)N1CCC(C2(c3cccnc3)NC(=O)N(Cc3ccsc3)C2=O)CC1. The van der Waals surface area contributed by atoms with Gasteiger partial charge < -0.3 is 10.2 Å². The molecule has 10 heteroatoms. The smallest absolute Gasteiger partial charge is 0.325 e. The molecule has 33 heavy (non-hydrogen) atoms. The van der Waals surface area contributed by atoms with E-state index in [4.69, 9.17) is 0 Å². The number of carbonyl (C=O) groups excluding carboxylic acids is 3. The van der Waals surface area contributed by atoms with Crippen molar-refractivity contribution in [2.45, 2.75) is 31.3 Å². The van der Waals surface area contributed by atoms with E-state index in [1.54, 1.807) is 24.0 Å². The van der Waals surface area contributed by atoms with Crippen LogP contribution < -0.4 is 5.32 Å². The number of imide groups is 1. The Bertz CT molecular complexity index is 1130. The first-order valence-electron chi connectivity index (χ1n) is 10.8. The molecule has 0 saturated carbocycles. The van der Waals surface area contributed by atoms with Gasteiger partial charge in [-0.05, 0) is 47.2 Å². The molecule has 0 aliphatic carbocycles. The van der Waals surface area contributed by atoms with Crippen LogP contribution in [-0.4, -0.2) is 50.7 Å². The van der Waals surface area contributed by atoms with Gasteiger partial charge in [-0.3, -0.25) is 19.5 Å². The highest BCUT2D eigenvalue weighted by molar-refractivity contribution is 7.08. The molecule has 170 valence electrons. The minimum absolute atomic E-state index is 0.0376. The number of aromatic nitrogens is 2. The molecule has 8 nitrogen and oxygen atoms in total. The molecule has 1 atom stereocenters. The van der Waals surface area contributed by atoms with E-state index in [0.29, 0.717) is 31.5 Å². The van der Waals surface area contributed by atoms with Gasteiger partial charge in [0.15, 0.2) is 5.54 Å². The van der Waals surface area contributed by atoms with E-state index in [1.165, 1.54) is 27.6 Å². The van der Waals surface area contributed by atoms with E-state index in [0.717, 1.165) is 11.3 Å². The number of hydrogen-bond donors (Lipinski definition) is 1. The summed E-state index contributed by atoms with van der Waals surface area (Å²) in [5, 5.41) is 8.79. The Labute approximate surface area is 199 Å². The number of carbonyl (C=O) groups is 3. The summed E-state index contributed by atoms with van der Waals surface area (Å²) in [5.74, 6) is -0.358.